The van der Waals surface area contributed by atoms with Gasteiger partial charge in [0.15, 0.2) is 6.61 Å². The second-order valence-corrected chi connectivity index (χ2v) is 6.97. The lowest BCUT2D eigenvalue weighted by Gasteiger charge is -2.32. The molecule has 1 aliphatic rings. The average molecular weight is 369 g/mol. The second-order valence-electron chi connectivity index (χ2n) is 6.53. The van der Waals surface area contributed by atoms with Crippen LogP contribution in [0.25, 0.3) is 0 Å². The van der Waals surface area contributed by atoms with Crippen molar-refractivity contribution in [3.8, 4) is 5.75 Å². The molecule has 1 N–H and O–H groups in total. The van der Waals surface area contributed by atoms with Crippen LogP contribution in [0.3, 0.4) is 0 Å². The first kappa shape index (κ1) is 19.4. The number of hydrogen-bond donors (Lipinski definition) is 1. The second kappa shape index (κ2) is 9.51. The summed E-state index contributed by atoms with van der Waals surface area (Å²) in [4.78, 5) is 25.6. The molecule has 0 aromatic heterocycles. The Bertz CT molecular complexity index is 569. The number of rotatable bonds is 6. The fourth-order valence-corrected chi connectivity index (χ4v) is 2.62. The number of hydrogen-bond acceptors (Lipinski definition) is 4. The molecule has 0 radical (unpaired) electrons. The van der Waals surface area contributed by atoms with Crippen molar-refractivity contribution in [3.63, 3.8) is 0 Å². The predicted octanol–water partition coefficient (Wildman–Crippen LogP) is 3.09. The summed E-state index contributed by atoms with van der Waals surface area (Å²) in [6, 6.07) is 6.94. The van der Waals surface area contributed by atoms with Gasteiger partial charge in [0.2, 0.25) is 0 Å². The molecule has 25 heavy (non-hydrogen) atoms. The van der Waals surface area contributed by atoms with Gasteiger partial charge in [-0.05, 0) is 43.0 Å². The number of nitrogens with one attached hydrogen (secondary N) is 1. The summed E-state index contributed by atoms with van der Waals surface area (Å²) in [6.07, 6.45) is 1.04. The van der Waals surface area contributed by atoms with Crippen LogP contribution in [0.15, 0.2) is 24.3 Å². The molecule has 0 saturated carbocycles. The molecule has 0 unspecified atom stereocenters. The topological polar surface area (TPSA) is 67.9 Å². The minimum absolute atomic E-state index is 0.00381. The molecule has 0 bridgehead atoms. The Labute approximate surface area is 153 Å². The molecule has 2 amide bonds. The van der Waals surface area contributed by atoms with Crippen molar-refractivity contribution in [2.45, 2.75) is 32.7 Å². The predicted molar refractivity (Wildman–Crippen MR) is 95.9 cm³/mol. The molecule has 2 rings (SSSR count). The molecule has 1 aromatic rings. The minimum atomic E-state index is -0.385. The molecule has 0 atom stereocenters. The van der Waals surface area contributed by atoms with Gasteiger partial charge in [0.05, 0.1) is 6.61 Å². The van der Waals surface area contributed by atoms with E-state index < -0.39 is 0 Å². The Morgan fingerprint density at radius 2 is 1.88 bits per heavy atom. The molecule has 1 fully saturated rings. The fourth-order valence-electron chi connectivity index (χ4n) is 2.49. The Balaban J connectivity index is 1.67. The maximum absolute atomic E-state index is 12.2. The van der Waals surface area contributed by atoms with Crippen molar-refractivity contribution in [3.05, 3.63) is 29.3 Å². The van der Waals surface area contributed by atoms with E-state index in [0.717, 1.165) is 0 Å². The Kier molecular flexibility index (Phi) is 7.37. The summed E-state index contributed by atoms with van der Waals surface area (Å²) < 4.78 is 10.6. The van der Waals surface area contributed by atoms with Gasteiger partial charge in [0, 0.05) is 24.2 Å². The monoisotopic (exact) mass is 368 g/mol. The van der Waals surface area contributed by atoms with Gasteiger partial charge in [-0.1, -0.05) is 25.4 Å². The van der Waals surface area contributed by atoms with Gasteiger partial charge in [-0.15, -0.1) is 0 Å². The van der Waals surface area contributed by atoms with Crippen LogP contribution in [0.1, 0.15) is 26.7 Å². The Morgan fingerprint density at radius 1 is 1.24 bits per heavy atom. The number of carbonyl (C=O) groups is 2. The quantitative estimate of drug-likeness (QED) is 0.837. The zero-order chi connectivity index (χ0) is 18.2. The molecule has 1 aromatic carbocycles. The Hall–Kier alpha value is -1.95. The van der Waals surface area contributed by atoms with Crippen molar-refractivity contribution < 1.29 is 19.1 Å². The van der Waals surface area contributed by atoms with Crippen LogP contribution >= 0.6 is 11.6 Å². The van der Waals surface area contributed by atoms with Gasteiger partial charge in [0.1, 0.15) is 5.75 Å². The van der Waals surface area contributed by atoms with Crippen LogP contribution in [0.5, 0.6) is 5.75 Å². The lowest BCUT2D eigenvalue weighted by Crippen LogP contribution is -2.47. The smallest absolute Gasteiger partial charge is 0.407 e. The molecule has 0 aliphatic carbocycles. The van der Waals surface area contributed by atoms with Crippen molar-refractivity contribution >= 4 is 23.6 Å². The number of benzene rings is 1. The van der Waals surface area contributed by atoms with Gasteiger partial charge in [-0.25, -0.2) is 4.79 Å². The molecule has 0 spiro atoms. The van der Waals surface area contributed by atoms with Crippen molar-refractivity contribution in [1.29, 1.82) is 0 Å². The highest BCUT2D eigenvalue weighted by Crippen LogP contribution is 2.16. The summed E-state index contributed by atoms with van der Waals surface area (Å²) in [6.45, 7) is 5.57. The maximum atomic E-state index is 12.2. The lowest BCUT2D eigenvalue weighted by atomic mass is 10.1. The van der Waals surface area contributed by atoms with E-state index in [9.17, 15) is 9.59 Å². The van der Waals surface area contributed by atoms with E-state index in [1.165, 1.54) is 0 Å². The van der Waals surface area contributed by atoms with Gasteiger partial charge in [0.25, 0.3) is 5.91 Å². The van der Waals surface area contributed by atoms with Crippen LogP contribution in [-0.2, 0) is 9.53 Å². The normalized spacial score (nSPS) is 15.1. The van der Waals surface area contributed by atoms with E-state index in [1.807, 2.05) is 13.8 Å². The highest BCUT2D eigenvalue weighted by Gasteiger charge is 2.24. The molecule has 1 aliphatic heterocycles. The maximum Gasteiger partial charge on any atom is 0.407 e. The van der Waals surface area contributed by atoms with Crippen LogP contribution in [-0.4, -0.2) is 49.2 Å². The van der Waals surface area contributed by atoms with E-state index in [-0.39, 0.29) is 24.6 Å². The van der Waals surface area contributed by atoms with Gasteiger partial charge < -0.3 is 19.7 Å². The number of piperidine rings is 1. The number of amides is 2. The highest BCUT2D eigenvalue weighted by molar-refractivity contribution is 6.30. The lowest BCUT2D eigenvalue weighted by molar-refractivity contribution is -0.134. The molecule has 6 nitrogen and oxygen atoms in total. The largest absolute Gasteiger partial charge is 0.484 e. The first-order valence-corrected chi connectivity index (χ1v) is 8.91. The SMILES string of the molecule is CC(C)COC(=O)NC1CCN(C(=O)COc2ccc(Cl)cc2)CC1. The van der Waals surface area contributed by atoms with Gasteiger partial charge in [-0.2, -0.15) is 0 Å². The van der Waals surface area contributed by atoms with Crippen LogP contribution in [0, 0.1) is 5.92 Å². The average Bonchev–Trinajstić information content (AvgIpc) is 2.60. The molecule has 7 heteroatoms. The molecule has 1 saturated heterocycles. The first-order valence-electron chi connectivity index (χ1n) is 8.53. The van der Waals surface area contributed by atoms with E-state index in [4.69, 9.17) is 21.1 Å². The number of halogens is 1. The van der Waals surface area contributed by atoms with E-state index in [2.05, 4.69) is 5.32 Å². The van der Waals surface area contributed by atoms with Crippen LogP contribution < -0.4 is 10.1 Å². The summed E-state index contributed by atoms with van der Waals surface area (Å²) in [5, 5.41) is 3.48. The van der Waals surface area contributed by atoms with Crippen LogP contribution in [0.4, 0.5) is 4.79 Å². The summed E-state index contributed by atoms with van der Waals surface area (Å²) in [5.74, 6) is 0.865. The van der Waals surface area contributed by atoms with Crippen molar-refractivity contribution in [2.75, 3.05) is 26.3 Å². The van der Waals surface area contributed by atoms with Gasteiger partial charge in [-0.3, -0.25) is 4.79 Å². The standard InChI is InChI=1S/C18H25ClN2O4/c1-13(2)11-25-18(23)20-15-7-9-21(10-8-15)17(22)12-24-16-5-3-14(19)4-6-16/h3-6,13,15H,7-12H2,1-2H3,(H,20,23). The third kappa shape index (κ3) is 6.82. The van der Waals surface area contributed by atoms with Gasteiger partial charge >= 0.3 is 6.09 Å². The summed E-state index contributed by atoms with van der Waals surface area (Å²) in [7, 11) is 0. The number of nitrogens with zero attached hydrogens (tertiary/aromatic N) is 1. The van der Waals surface area contributed by atoms with E-state index >= 15 is 0 Å². The first-order chi connectivity index (χ1) is 11.9. The fraction of sp³-hybridized carbons (Fsp3) is 0.556. The molecular weight excluding hydrogens is 344 g/mol. The molecular formula is C18H25ClN2O4. The van der Waals surface area contributed by atoms with Crippen molar-refractivity contribution in [2.24, 2.45) is 5.92 Å². The number of likely N-dealkylation sites (tertiary alicyclic amines) is 1. The number of carbonyl (C=O) groups excluding carboxylic acids is 2. The molecule has 138 valence electrons. The third-order valence-corrected chi connectivity index (χ3v) is 4.15. The summed E-state index contributed by atoms with van der Waals surface area (Å²) in [5.41, 5.74) is 0. The zero-order valence-electron chi connectivity index (χ0n) is 14.7. The van der Waals surface area contributed by atoms with Crippen LogP contribution in [0.2, 0.25) is 5.02 Å². The van der Waals surface area contributed by atoms with E-state index in [0.29, 0.717) is 49.2 Å². The highest BCUT2D eigenvalue weighted by atomic mass is 35.5. The summed E-state index contributed by atoms with van der Waals surface area (Å²) >= 11 is 5.81. The Morgan fingerprint density at radius 3 is 2.48 bits per heavy atom. The zero-order valence-corrected chi connectivity index (χ0v) is 15.4. The minimum Gasteiger partial charge on any atom is -0.484 e. The van der Waals surface area contributed by atoms with E-state index in [1.54, 1.807) is 29.2 Å². The number of alkyl carbamates (subject to hydrolysis) is 1. The third-order valence-electron chi connectivity index (χ3n) is 3.89. The molecule has 1 heterocycles. The van der Waals surface area contributed by atoms with Crippen molar-refractivity contribution in [1.82, 2.24) is 10.2 Å². The number of ether oxygens (including phenoxy) is 2.